The first-order valence-corrected chi connectivity index (χ1v) is 7.70. The molecule has 2 aromatic heterocycles. The first-order valence-electron chi connectivity index (χ1n) is 7.70. The third-order valence-corrected chi connectivity index (χ3v) is 4.39. The highest BCUT2D eigenvalue weighted by atomic mass is 16.5. The van der Waals surface area contributed by atoms with Gasteiger partial charge in [-0.15, -0.1) is 0 Å². The molecule has 0 unspecified atom stereocenters. The molecule has 4 rings (SSSR count). The summed E-state index contributed by atoms with van der Waals surface area (Å²) in [5.41, 5.74) is 2.40. The minimum absolute atomic E-state index is 0.297. The molecule has 0 radical (unpaired) electrons. The van der Waals surface area contributed by atoms with Crippen molar-refractivity contribution in [1.29, 1.82) is 0 Å². The lowest BCUT2D eigenvalue weighted by atomic mass is 10.0. The van der Waals surface area contributed by atoms with E-state index in [0.29, 0.717) is 6.04 Å². The van der Waals surface area contributed by atoms with Crippen LogP contribution < -0.4 is 4.74 Å². The molecule has 0 aliphatic carbocycles. The van der Waals surface area contributed by atoms with E-state index in [2.05, 4.69) is 43.0 Å². The van der Waals surface area contributed by atoms with E-state index in [-0.39, 0.29) is 0 Å². The minimum Gasteiger partial charge on any atom is -0.497 e. The molecule has 23 heavy (non-hydrogen) atoms. The van der Waals surface area contributed by atoms with Crippen molar-refractivity contribution in [3.8, 4) is 5.75 Å². The van der Waals surface area contributed by atoms with Crippen LogP contribution in [-0.4, -0.2) is 31.8 Å². The molecule has 3 heterocycles. The van der Waals surface area contributed by atoms with E-state index >= 15 is 0 Å². The van der Waals surface area contributed by atoms with Gasteiger partial charge in [0.15, 0.2) is 0 Å². The second-order valence-electron chi connectivity index (χ2n) is 5.77. The molecule has 0 fully saturated rings. The van der Waals surface area contributed by atoms with E-state index in [0.717, 1.165) is 36.9 Å². The molecule has 0 bridgehead atoms. The maximum absolute atomic E-state index is 5.27. The van der Waals surface area contributed by atoms with Crippen LogP contribution in [0.15, 0.2) is 48.9 Å². The molecule has 0 saturated heterocycles. The molecular weight excluding hydrogens is 290 g/mol. The van der Waals surface area contributed by atoms with Gasteiger partial charge in [0.25, 0.3) is 0 Å². The fraction of sp³-hybridized carbons (Fsp3) is 0.294. The zero-order valence-corrected chi connectivity index (χ0v) is 13.0. The Morgan fingerprint density at radius 2 is 2.09 bits per heavy atom. The molecule has 0 saturated carbocycles. The predicted molar refractivity (Wildman–Crippen MR) is 85.8 cm³/mol. The topological polar surface area (TPSA) is 59.0 Å². The first-order chi connectivity index (χ1) is 11.3. The summed E-state index contributed by atoms with van der Waals surface area (Å²) < 4.78 is 7.50. The first kappa shape index (κ1) is 14.0. The highest BCUT2D eigenvalue weighted by Crippen LogP contribution is 2.31. The van der Waals surface area contributed by atoms with Gasteiger partial charge in [-0.05, 0) is 23.8 Å². The van der Waals surface area contributed by atoms with Gasteiger partial charge in [0.2, 0.25) is 0 Å². The molecule has 6 nitrogen and oxygen atoms in total. The van der Waals surface area contributed by atoms with Gasteiger partial charge in [-0.25, -0.2) is 4.98 Å². The summed E-state index contributed by atoms with van der Waals surface area (Å²) in [6.45, 7) is 2.54. The average Bonchev–Trinajstić information content (AvgIpc) is 3.25. The number of rotatable bonds is 4. The second kappa shape index (κ2) is 5.89. The molecule has 3 aromatic rings. The summed E-state index contributed by atoms with van der Waals surface area (Å²) in [7, 11) is 1.69. The fourth-order valence-electron chi connectivity index (χ4n) is 3.15. The van der Waals surface area contributed by atoms with Gasteiger partial charge in [0, 0.05) is 37.4 Å². The quantitative estimate of drug-likeness (QED) is 0.804. The van der Waals surface area contributed by atoms with Gasteiger partial charge in [-0.1, -0.05) is 12.1 Å². The van der Waals surface area contributed by atoms with Crippen LogP contribution in [0.3, 0.4) is 0 Å². The van der Waals surface area contributed by atoms with Crippen LogP contribution in [0.2, 0.25) is 0 Å². The lowest BCUT2D eigenvalue weighted by Gasteiger charge is -2.36. The number of imidazole rings is 1. The normalized spacial score (nSPS) is 17.9. The van der Waals surface area contributed by atoms with Gasteiger partial charge in [-0.3, -0.25) is 10.00 Å². The van der Waals surface area contributed by atoms with Crippen molar-refractivity contribution in [1.82, 2.24) is 24.6 Å². The van der Waals surface area contributed by atoms with Crippen molar-refractivity contribution in [3.05, 3.63) is 66.0 Å². The number of methoxy groups -OCH3 is 1. The van der Waals surface area contributed by atoms with Crippen molar-refractivity contribution in [2.24, 2.45) is 0 Å². The van der Waals surface area contributed by atoms with Crippen molar-refractivity contribution >= 4 is 0 Å². The molecule has 1 atom stereocenters. The summed E-state index contributed by atoms with van der Waals surface area (Å²) in [5.74, 6) is 1.99. The summed E-state index contributed by atoms with van der Waals surface area (Å²) in [6, 6.07) is 10.6. The lowest BCUT2D eigenvalue weighted by molar-refractivity contribution is 0.126. The Morgan fingerprint density at radius 1 is 1.22 bits per heavy atom. The molecule has 1 aliphatic heterocycles. The third kappa shape index (κ3) is 2.73. The SMILES string of the molecule is COc1ccc([C@@H]2Cn3ccnc3CN2Cc2ccn[nH]2)cc1. The largest absolute Gasteiger partial charge is 0.497 e. The fourth-order valence-corrected chi connectivity index (χ4v) is 3.15. The summed E-state index contributed by atoms with van der Waals surface area (Å²) >= 11 is 0. The maximum atomic E-state index is 5.27. The number of hydrogen-bond acceptors (Lipinski definition) is 4. The van der Waals surface area contributed by atoms with Crippen molar-refractivity contribution in [3.63, 3.8) is 0 Å². The smallest absolute Gasteiger partial charge is 0.122 e. The Morgan fingerprint density at radius 3 is 2.83 bits per heavy atom. The summed E-state index contributed by atoms with van der Waals surface area (Å²) in [5, 5.41) is 7.11. The minimum atomic E-state index is 0.297. The second-order valence-corrected chi connectivity index (χ2v) is 5.77. The van der Waals surface area contributed by atoms with Crippen molar-refractivity contribution in [2.75, 3.05) is 7.11 Å². The number of nitrogens with zero attached hydrogens (tertiary/aromatic N) is 4. The number of H-pyrrole nitrogens is 1. The van der Waals surface area contributed by atoms with Crippen LogP contribution in [0, 0.1) is 0 Å². The monoisotopic (exact) mass is 309 g/mol. The van der Waals surface area contributed by atoms with E-state index < -0.39 is 0 Å². The molecule has 0 amide bonds. The number of ether oxygens (including phenoxy) is 1. The third-order valence-electron chi connectivity index (χ3n) is 4.39. The van der Waals surface area contributed by atoms with Gasteiger partial charge < -0.3 is 9.30 Å². The van der Waals surface area contributed by atoms with Gasteiger partial charge in [0.05, 0.1) is 19.7 Å². The Hall–Kier alpha value is -2.60. The summed E-state index contributed by atoms with van der Waals surface area (Å²) in [6.07, 6.45) is 5.72. The Labute approximate surface area is 134 Å². The highest BCUT2D eigenvalue weighted by Gasteiger charge is 2.28. The zero-order valence-electron chi connectivity index (χ0n) is 13.0. The number of aromatic amines is 1. The van der Waals surface area contributed by atoms with Crippen LogP contribution in [0.5, 0.6) is 5.75 Å². The standard InChI is InChI=1S/C17H19N5O/c1-23-15-4-2-13(3-5-15)16-11-21-9-8-18-17(21)12-22(16)10-14-6-7-19-20-14/h2-9,16H,10-12H2,1H3,(H,19,20)/t16-/m0/s1. The molecule has 118 valence electrons. The van der Waals surface area contributed by atoms with E-state index in [1.54, 1.807) is 13.3 Å². The van der Waals surface area contributed by atoms with Crippen LogP contribution in [0.25, 0.3) is 0 Å². The van der Waals surface area contributed by atoms with Gasteiger partial charge >= 0.3 is 0 Å². The summed E-state index contributed by atoms with van der Waals surface area (Å²) in [4.78, 5) is 6.90. The molecule has 0 spiro atoms. The average molecular weight is 309 g/mol. The van der Waals surface area contributed by atoms with Gasteiger partial charge in [-0.2, -0.15) is 5.10 Å². The number of hydrogen-bond donors (Lipinski definition) is 1. The number of fused-ring (bicyclic) bond motifs is 1. The van der Waals surface area contributed by atoms with Crippen molar-refractivity contribution < 1.29 is 4.74 Å². The highest BCUT2D eigenvalue weighted by molar-refractivity contribution is 5.29. The Bertz CT molecular complexity index is 763. The van der Waals surface area contributed by atoms with E-state index in [1.807, 2.05) is 24.4 Å². The van der Waals surface area contributed by atoms with Gasteiger partial charge in [0.1, 0.15) is 11.6 Å². The predicted octanol–water partition coefficient (Wildman–Crippen LogP) is 2.37. The molecule has 1 aromatic carbocycles. The number of benzene rings is 1. The maximum Gasteiger partial charge on any atom is 0.122 e. The van der Waals surface area contributed by atoms with E-state index in [9.17, 15) is 0 Å². The lowest BCUT2D eigenvalue weighted by Crippen LogP contribution is -2.36. The van der Waals surface area contributed by atoms with Crippen LogP contribution >= 0.6 is 0 Å². The Kier molecular flexibility index (Phi) is 3.59. The van der Waals surface area contributed by atoms with Crippen LogP contribution in [-0.2, 0) is 19.6 Å². The molecule has 1 N–H and O–H groups in total. The molecule has 1 aliphatic rings. The molecular formula is C17H19N5O. The van der Waals surface area contributed by atoms with Crippen molar-refractivity contribution in [2.45, 2.75) is 25.7 Å². The van der Waals surface area contributed by atoms with E-state index in [1.165, 1.54) is 5.56 Å². The number of aromatic nitrogens is 4. The Balaban J connectivity index is 1.65. The molecule has 6 heteroatoms. The van der Waals surface area contributed by atoms with E-state index in [4.69, 9.17) is 4.74 Å². The zero-order chi connectivity index (χ0) is 15.6. The van der Waals surface area contributed by atoms with Crippen LogP contribution in [0.1, 0.15) is 23.1 Å². The van der Waals surface area contributed by atoms with Crippen LogP contribution in [0.4, 0.5) is 0 Å². The number of nitrogens with one attached hydrogen (secondary N) is 1.